The number of benzene rings is 2. The van der Waals surface area contributed by atoms with Crippen LogP contribution in [0.5, 0.6) is 5.75 Å². The Hall–Kier alpha value is -2.44. The van der Waals surface area contributed by atoms with Crippen LogP contribution >= 0.6 is 0 Å². The average Bonchev–Trinajstić information content (AvgIpc) is 2.59. The highest BCUT2D eigenvalue weighted by atomic mass is 19.1. The van der Waals surface area contributed by atoms with Crippen molar-refractivity contribution in [2.24, 2.45) is 0 Å². The third kappa shape index (κ3) is 5.03. The zero-order chi connectivity index (χ0) is 19.3. The van der Waals surface area contributed by atoms with Gasteiger partial charge in [-0.3, -0.25) is 4.79 Å². The zero-order valence-electron chi connectivity index (χ0n) is 15.2. The Morgan fingerprint density at radius 3 is 2.08 bits per heavy atom. The van der Waals surface area contributed by atoms with Crippen molar-refractivity contribution < 1.29 is 24.1 Å². The van der Waals surface area contributed by atoms with E-state index in [-0.39, 0.29) is 28.9 Å². The van der Waals surface area contributed by atoms with Crippen LogP contribution in [-0.4, -0.2) is 22.7 Å². The summed E-state index contributed by atoms with van der Waals surface area (Å²) in [5, 5.41) is 21.4. The third-order valence-electron chi connectivity index (χ3n) is 3.93. The molecule has 3 N–H and O–H groups in total. The lowest BCUT2D eigenvalue weighted by molar-refractivity contribution is -0.118. The highest BCUT2D eigenvalue weighted by molar-refractivity contribution is 5.91. The lowest BCUT2D eigenvalue weighted by Crippen LogP contribution is -2.21. The molecule has 140 valence electrons. The molecule has 2 rings (SSSR count). The standard InChI is InChI=1S/C20H24FNO4/c1-20(2,3)15-4-6-17(7-5-15)22-18(25)12-26-19-13(10-23)8-16(21)9-14(19)11-24/h4-9,23-24H,10-12H2,1-3H3,(H,22,25). The van der Waals surface area contributed by atoms with Gasteiger partial charge in [0.05, 0.1) is 13.2 Å². The van der Waals surface area contributed by atoms with Crippen LogP contribution in [0.1, 0.15) is 37.5 Å². The SMILES string of the molecule is CC(C)(C)c1ccc(NC(=O)COc2c(CO)cc(F)cc2CO)cc1. The van der Waals surface area contributed by atoms with Gasteiger partial charge in [0.15, 0.2) is 6.61 Å². The Kier molecular flexibility index (Phi) is 6.34. The molecule has 0 heterocycles. The van der Waals surface area contributed by atoms with Crippen molar-refractivity contribution in [1.29, 1.82) is 0 Å². The molecule has 0 saturated carbocycles. The number of rotatable bonds is 6. The Bertz CT molecular complexity index is 741. The summed E-state index contributed by atoms with van der Waals surface area (Å²) in [4.78, 5) is 12.1. The molecule has 0 unspecified atom stereocenters. The lowest BCUT2D eigenvalue weighted by Gasteiger charge is -2.19. The number of amides is 1. The van der Waals surface area contributed by atoms with E-state index < -0.39 is 24.9 Å². The molecule has 0 atom stereocenters. The van der Waals surface area contributed by atoms with Crippen LogP contribution < -0.4 is 10.1 Å². The molecule has 1 amide bonds. The topological polar surface area (TPSA) is 78.8 Å². The van der Waals surface area contributed by atoms with Crippen molar-refractivity contribution in [3.63, 3.8) is 0 Å². The molecule has 0 spiro atoms. The van der Waals surface area contributed by atoms with Gasteiger partial charge in [-0.1, -0.05) is 32.9 Å². The summed E-state index contributed by atoms with van der Waals surface area (Å²) >= 11 is 0. The predicted molar refractivity (Wildman–Crippen MR) is 97.5 cm³/mol. The summed E-state index contributed by atoms with van der Waals surface area (Å²) in [5.74, 6) is -0.867. The van der Waals surface area contributed by atoms with Gasteiger partial charge < -0.3 is 20.3 Å². The minimum Gasteiger partial charge on any atom is -0.483 e. The molecule has 0 bridgehead atoms. The highest BCUT2D eigenvalue weighted by Gasteiger charge is 2.15. The van der Waals surface area contributed by atoms with Crippen molar-refractivity contribution in [3.05, 3.63) is 58.9 Å². The summed E-state index contributed by atoms with van der Waals surface area (Å²) in [6.07, 6.45) is 0. The van der Waals surface area contributed by atoms with E-state index in [1.165, 1.54) is 0 Å². The first-order chi connectivity index (χ1) is 12.2. The van der Waals surface area contributed by atoms with Crippen LogP contribution in [0.25, 0.3) is 0 Å². The number of hydrogen-bond acceptors (Lipinski definition) is 4. The molecule has 0 aromatic heterocycles. The highest BCUT2D eigenvalue weighted by Crippen LogP contribution is 2.26. The van der Waals surface area contributed by atoms with Gasteiger partial charge in [0, 0.05) is 16.8 Å². The maximum absolute atomic E-state index is 13.4. The fourth-order valence-electron chi connectivity index (χ4n) is 2.52. The second-order valence-electron chi connectivity index (χ2n) is 7.03. The van der Waals surface area contributed by atoms with E-state index in [0.717, 1.165) is 17.7 Å². The molecular weight excluding hydrogens is 337 g/mol. The molecule has 0 fully saturated rings. The second kappa shape index (κ2) is 8.29. The molecule has 0 aliphatic heterocycles. The maximum Gasteiger partial charge on any atom is 0.262 e. The van der Waals surface area contributed by atoms with Crippen LogP contribution in [0.2, 0.25) is 0 Å². The largest absolute Gasteiger partial charge is 0.483 e. The summed E-state index contributed by atoms with van der Waals surface area (Å²) in [6, 6.07) is 9.74. The molecule has 0 radical (unpaired) electrons. The van der Waals surface area contributed by atoms with E-state index in [4.69, 9.17) is 4.74 Å². The number of ether oxygens (including phenoxy) is 1. The normalized spacial score (nSPS) is 11.3. The van der Waals surface area contributed by atoms with Crippen LogP contribution in [0.4, 0.5) is 10.1 Å². The molecule has 0 aliphatic carbocycles. The van der Waals surface area contributed by atoms with Gasteiger partial charge in [-0.25, -0.2) is 4.39 Å². The number of aliphatic hydroxyl groups is 2. The van der Waals surface area contributed by atoms with E-state index in [1.54, 1.807) is 0 Å². The average molecular weight is 361 g/mol. The minimum absolute atomic E-state index is 0.0234. The molecule has 26 heavy (non-hydrogen) atoms. The molecule has 5 nitrogen and oxygen atoms in total. The van der Waals surface area contributed by atoms with E-state index >= 15 is 0 Å². The molecule has 6 heteroatoms. The fourth-order valence-corrected chi connectivity index (χ4v) is 2.52. The Morgan fingerprint density at radius 2 is 1.62 bits per heavy atom. The van der Waals surface area contributed by atoms with Crippen LogP contribution in [0.3, 0.4) is 0 Å². The number of hydrogen-bond donors (Lipinski definition) is 3. The van der Waals surface area contributed by atoms with Crippen molar-refractivity contribution >= 4 is 11.6 Å². The number of halogens is 1. The Labute approximate surface area is 152 Å². The van der Waals surface area contributed by atoms with E-state index in [2.05, 4.69) is 26.1 Å². The molecular formula is C20H24FNO4. The zero-order valence-corrected chi connectivity index (χ0v) is 15.2. The van der Waals surface area contributed by atoms with Crippen molar-refractivity contribution in [1.82, 2.24) is 0 Å². The lowest BCUT2D eigenvalue weighted by atomic mass is 9.87. The van der Waals surface area contributed by atoms with Gasteiger partial charge in [0.1, 0.15) is 11.6 Å². The van der Waals surface area contributed by atoms with Crippen LogP contribution in [-0.2, 0) is 23.4 Å². The van der Waals surface area contributed by atoms with Crippen molar-refractivity contribution in [2.75, 3.05) is 11.9 Å². The molecule has 0 aliphatic rings. The number of aliphatic hydroxyl groups excluding tert-OH is 2. The van der Waals surface area contributed by atoms with E-state index in [1.807, 2.05) is 24.3 Å². The monoisotopic (exact) mass is 361 g/mol. The first-order valence-electron chi connectivity index (χ1n) is 8.31. The maximum atomic E-state index is 13.4. The van der Waals surface area contributed by atoms with Crippen molar-refractivity contribution in [3.8, 4) is 5.75 Å². The van der Waals surface area contributed by atoms with Gasteiger partial charge in [-0.2, -0.15) is 0 Å². The smallest absolute Gasteiger partial charge is 0.262 e. The van der Waals surface area contributed by atoms with Crippen LogP contribution in [0.15, 0.2) is 36.4 Å². The van der Waals surface area contributed by atoms with Gasteiger partial charge >= 0.3 is 0 Å². The molecule has 2 aromatic rings. The molecule has 0 saturated heterocycles. The summed E-state index contributed by atoms with van der Waals surface area (Å²) < 4.78 is 18.8. The third-order valence-corrected chi connectivity index (χ3v) is 3.93. The summed E-state index contributed by atoms with van der Waals surface area (Å²) in [5.41, 5.74) is 2.16. The van der Waals surface area contributed by atoms with Crippen molar-refractivity contribution in [2.45, 2.75) is 39.4 Å². The van der Waals surface area contributed by atoms with Gasteiger partial charge in [0.25, 0.3) is 5.91 Å². The fraction of sp³-hybridized carbons (Fsp3) is 0.350. The summed E-state index contributed by atoms with van der Waals surface area (Å²) in [7, 11) is 0. The Morgan fingerprint density at radius 1 is 1.08 bits per heavy atom. The Balaban J connectivity index is 2.03. The number of carbonyl (C=O) groups excluding carboxylic acids is 1. The molecule has 2 aromatic carbocycles. The quantitative estimate of drug-likeness (QED) is 0.739. The predicted octanol–water partition coefficient (Wildman–Crippen LogP) is 3.13. The summed E-state index contributed by atoms with van der Waals surface area (Å²) in [6.45, 7) is 5.07. The van der Waals surface area contributed by atoms with Gasteiger partial charge in [-0.05, 0) is 35.2 Å². The number of anilines is 1. The van der Waals surface area contributed by atoms with Gasteiger partial charge in [-0.15, -0.1) is 0 Å². The first kappa shape index (κ1) is 19.9. The van der Waals surface area contributed by atoms with E-state index in [0.29, 0.717) is 5.69 Å². The van der Waals surface area contributed by atoms with Crippen LogP contribution in [0, 0.1) is 5.82 Å². The minimum atomic E-state index is -0.589. The number of carbonyl (C=O) groups is 1. The van der Waals surface area contributed by atoms with Gasteiger partial charge in [0.2, 0.25) is 0 Å². The number of nitrogens with one attached hydrogen (secondary N) is 1. The van der Waals surface area contributed by atoms with E-state index in [9.17, 15) is 19.4 Å². The first-order valence-corrected chi connectivity index (χ1v) is 8.31. The second-order valence-corrected chi connectivity index (χ2v) is 7.03.